The van der Waals surface area contributed by atoms with Crippen LogP contribution in [0.15, 0.2) is 60.2 Å². The van der Waals surface area contributed by atoms with Crippen molar-refractivity contribution in [1.82, 2.24) is 15.1 Å². The number of carbonyl (C=O) groups is 1. The Morgan fingerprint density at radius 1 is 1.37 bits per heavy atom. The molecular formula is C20H18FN3O3. The van der Waals surface area contributed by atoms with Gasteiger partial charge >= 0.3 is 6.09 Å². The number of aromatic nitrogens is 2. The first kappa shape index (κ1) is 17.1. The quantitative estimate of drug-likeness (QED) is 0.888. The highest BCUT2D eigenvalue weighted by Crippen LogP contribution is 2.37. The summed E-state index contributed by atoms with van der Waals surface area (Å²) in [4.78, 5) is 11.2. The molecule has 0 saturated heterocycles. The highest BCUT2D eigenvalue weighted by Gasteiger charge is 2.22. The molecule has 27 heavy (non-hydrogen) atoms. The van der Waals surface area contributed by atoms with E-state index in [0.29, 0.717) is 5.56 Å². The molecule has 0 unspecified atom stereocenters. The number of amides is 1. The summed E-state index contributed by atoms with van der Waals surface area (Å²) in [5.74, 6) is -0.391. The Hall–Kier alpha value is -3.35. The average molecular weight is 367 g/mol. The third-order valence-electron chi connectivity index (χ3n) is 4.63. The van der Waals surface area contributed by atoms with Crippen LogP contribution < -0.4 is 5.32 Å². The maximum atomic E-state index is 14.0. The summed E-state index contributed by atoms with van der Waals surface area (Å²) >= 11 is 0. The van der Waals surface area contributed by atoms with Crippen LogP contribution in [0.1, 0.15) is 18.4 Å². The Labute approximate surface area is 155 Å². The van der Waals surface area contributed by atoms with Gasteiger partial charge in [0.25, 0.3) is 0 Å². The van der Waals surface area contributed by atoms with E-state index in [1.54, 1.807) is 24.7 Å². The minimum absolute atomic E-state index is 0.0430. The summed E-state index contributed by atoms with van der Waals surface area (Å²) < 4.78 is 25.6. The Balaban J connectivity index is 1.60. The number of hydrogen-bond donors (Lipinski definition) is 1. The van der Waals surface area contributed by atoms with Crippen molar-refractivity contribution in [2.75, 3.05) is 7.11 Å². The van der Waals surface area contributed by atoms with Gasteiger partial charge in [0.15, 0.2) is 0 Å². The van der Waals surface area contributed by atoms with Crippen LogP contribution in [0.2, 0.25) is 0 Å². The van der Waals surface area contributed by atoms with Gasteiger partial charge in [-0.1, -0.05) is 0 Å². The van der Waals surface area contributed by atoms with Crippen LogP contribution in [-0.2, 0) is 16.0 Å². The summed E-state index contributed by atoms with van der Waals surface area (Å²) in [5, 5.41) is 7.15. The van der Waals surface area contributed by atoms with Crippen LogP contribution in [0.5, 0.6) is 0 Å². The Morgan fingerprint density at radius 2 is 2.26 bits per heavy atom. The number of alkyl carbamates (subject to hydrolysis) is 1. The van der Waals surface area contributed by atoms with E-state index in [9.17, 15) is 9.18 Å². The molecule has 1 amide bonds. The van der Waals surface area contributed by atoms with Gasteiger partial charge in [-0.2, -0.15) is 5.10 Å². The van der Waals surface area contributed by atoms with Crippen LogP contribution in [0.4, 0.5) is 9.18 Å². The zero-order valence-corrected chi connectivity index (χ0v) is 14.7. The van der Waals surface area contributed by atoms with E-state index in [1.165, 1.54) is 18.7 Å². The molecule has 0 spiro atoms. The predicted octanol–water partition coefficient (Wildman–Crippen LogP) is 3.98. The van der Waals surface area contributed by atoms with Crippen LogP contribution in [0.25, 0.3) is 17.0 Å². The first-order valence-corrected chi connectivity index (χ1v) is 8.57. The molecule has 2 heterocycles. The number of fused-ring (bicyclic) bond motifs is 1. The van der Waals surface area contributed by atoms with Crippen molar-refractivity contribution in [1.29, 1.82) is 0 Å². The van der Waals surface area contributed by atoms with Crippen LogP contribution >= 0.6 is 0 Å². The molecule has 4 rings (SSSR count). The SMILES string of the molecule is COC(=O)NCc1cc(-c2ccn(C3=C4C=COC=C4CC3)n2)ccc1F. The molecule has 6 nitrogen and oxygen atoms in total. The maximum Gasteiger partial charge on any atom is 0.407 e. The largest absolute Gasteiger partial charge is 0.472 e. The molecule has 1 aromatic carbocycles. The van der Waals surface area contributed by atoms with Crippen molar-refractivity contribution in [2.45, 2.75) is 19.4 Å². The number of benzene rings is 1. The number of ether oxygens (including phenoxy) is 2. The molecule has 0 saturated carbocycles. The molecule has 138 valence electrons. The number of halogens is 1. The van der Waals surface area contributed by atoms with Gasteiger partial charge in [-0.15, -0.1) is 0 Å². The highest BCUT2D eigenvalue weighted by molar-refractivity contribution is 5.69. The monoisotopic (exact) mass is 367 g/mol. The standard InChI is InChI=1S/C20H18FN3O3/c1-26-20(25)22-11-15-10-13(2-4-17(15)21)18-6-8-24(23-18)19-5-3-14-12-27-9-7-16(14)19/h2,4,6-10,12H,3,5,11H2,1H3,(H,22,25). The maximum absolute atomic E-state index is 14.0. The number of carbonyl (C=O) groups excluding carboxylic acids is 1. The summed E-state index contributed by atoms with van der Waals surface area (Å²) in [6, 6.07) is 6.63. The van der Waals surface area contributed by atoms with Crippen molar-refractivity contribution in [3.8, 4) is 11.3 Å². The van der Waals surface area contributed by atoms with Gasteiger partial charge < -0.3 is 14.8 Å². The molecule has 0 bridgehead atoms. The van der Waals surface area contributed by atoms with Gasteiger partial charge in [-0.25, -0.2) is 13.9 Å². The summed E-state index contributed by atoms with van der Waals surface area (Å²) in [7, 11) is 1.27. The predicted molar refractivity (Wildman–Crippen MR) is 97.6 cm³/mol. The third-order valence-corrected chi connectivity index (χ3v) is 4.63. The lowest BCUT2D eigenvalue weighted by molar-refractivity contribution is 0.170. The average Bonchev–Trinajstić information content (AvgIpc) is 3.34. The Morgan fingerprint density at radius 3 is 3.11 bits per heavy atom. The van der Waals surface area contributed by atoms with E-state index in [1.807, 2.05) is 23.0 Å². The summed E-state index contributed by atoms with van der Waals surface area (Å²) in [6.45, 7) is 0.0430. The Kier molecular flexibility index (Phi) is 4.50. The van der Waals surface area contributed by atoms with Gasteiger partial charge in [-0.05, 0) is 48.8 Å². The van der Waals surface area contributed by atoms with Gasteiger partial charge in [0, 0.05) is 29.4 Å². The lowest BCUT2D eigenvalue weighted by Gasteiger charge is -2.08. The van der Waals surface area contributed by atoms with Gasteiger partial charge in [-0.3, -0.25) is 0 Å². The third kappa shape index (κ3) is 3.36. The van der Waals surface area contributed by atoms with E-state index < -0.39 is 11.9 Å². The molecule has 1 aliphatic heterocycles. The van der Waals surface area contributed by atoms with Gasteiger partial charge in [0.05, 0.1) is 31.0 Å². The molecule has 1 aromatic heterocycles. The number of hydrogen-bond acceptors (Lipinski definition) is 4. The molecular weight excluding hydrogens is 349 g/mol. The number of allylic oxidation sites excluding steroid dienone is 4. The minimum atomic E-state index is -0.605. The first-order valence-electron chi connectivity index (χ1n) is 8.57. The number of rotatable bonds is 4. The highest BCUT2D eigenvalue weighted by atomic mass is 19.1. The lowest BCUT2D eigenvalue weighted by Crippen LogP contribution is -2.22. The van der Waals surface area contributed by atoms with Crippen molar-refractivity contribution >= 4 is 11.8 Å². The second-order valence-corrected chi connectivity index (χ2v) is 6.24. The van der Waals surface area contributed by atoms with E-state index in [0.717, 1.165) is 35.4 Å². The topological polar surface area (TPSA) is 65.4 Å². The molecule has 7 heteroatoms. The smallest absolute Gasteiger partial charge is 0.407 e. The van der Waals surface area contributed by atoms with E-state index in [-0.39, 0.29) is 6.54 Å². The second-order valence-electron chi connectivity index (χ2n) is 6.24. The molecule has 0 radical (unpaired) electrons. The van der Waals surface area contributed by atoms with Gasteiger partial charge in [0.2, 0.25) is 0 Å². The van der Waals surface area contributed by atoms with Crippen LogP contribution in [-0.4, -0.2) is 23.0 Å². The molecule has 2 aliphatic rings. The number of nitrogens with one attached hydrogen (secondary N) is 1. The van der Waals surface area contributed by atoms with Crippen molar-refractivity contribution in [2.24, 2.45) is 0 Å². The zero-order chi connectivity index (χ0) is 18.8. The fourth-order valence-electron chi connectivity index (χ4n) is 3.24. The molecule has 0 fully saturated rings. The van der Waals surface area contributed by atoms with Crippen molar-refractivity contribution in [3.63, 3.8) is 0 Å². The summed E-state index contributed by atoms with van der Waals surface area (Å²) in [6.07, 6.45) is 8.49. The van der Waals surface area contributed by atoms with Crippen molar-refractivity contribution in [3.05, 3.63) is 71.6 Å². The van der Waals surface area contributed by atoms with Crippen LogP contribution in [0.3, 0.4) is 0 Å². The fourth-order valence-corrected chi connectivity index (χ4v) is 3.24. The number of nitrogens with zero attached hydrogens (tertiary/aromatic N) is 2. The van der Waals surface area contributed by atoms with Gasteiger partial charge in [0.1, 0.15) is 5.82 Å². The lowest BCUT2D eigenvalue weighted by atomic mass is 10.1. The van der Waals surface area contributed by atoms with Crippen LogP contribution in [0, 0.1) is 5.82 Å². The number of methoxy groups -OCH3 is 1. The zero-order valence-electron chi connectivity index (χ0n) is 14.7. The molecule has 1 aliphatic carbocycles. The van der Waals surface area contributed by atoms with E-state index in [4.69, 9.17) is 4.74 Å². The second kappa shape index (κ2) is 7.11. The fraction of sp³-hybridized carbons (Fsp3) is 0.200. The summed E-state index contributed by atoms with van der Waals surface area (Å²) in [5.41, 5.74) is 5.30. The molecule has 2 aromatic rings. The van der Waals surface area contributed by atoms with E-state index in [2.05, 4.69) is 15.2 Å². The van der Waals surface area contributed by atoms with E-state index >= 15 is 0 Å². The normalized spacial score (nSPS) is 15.3. The Bertz CT molecular complexity index is 988. The van der Waals surface area contributed by atoms with Crippen molar-refractivity contribution < 1.29 is 18.7 Å². The first-order chi connectivity index (χ1) is 13.2. The molecule has 0 atom stereocenters. The molecule has 1 N–H and O–H groups in total. The minimum Gasteiger partial charge on any atom is -0.472 e.